The van der Waals surface area contributed by atoms with Gasteiger partial charge in [0.1, 0.15) is 12.2 Å². The number of pyridine rings is 1. The van der Waals surface area contributed by atoms with Gasteiger partial charge in [-0.1, -0.05) is 49.8 Å². The number of sulfonamides is 1. The fourth-order valence-corrected chi connectivity index (χ4v) is 12.0. The van der Waals surface area contributed by atoms with Crippen molar-refractivity contribution in [2.75, 3.05) is 6.54 Å². The number of ketones is 1. The van der Waals surface area contributed by atoms with Crippen molar-refractivity contribution in [1.29, 1.82) is 0 Å². The van der Waals surface area contributed by atoms with E-state index < -0.39 is 50.6 Å². The normalized spacial score (nSPS) is 31.3. The number of nitrogens with one attached hydrogen (secondary N) is 1. The van der Waals surface area contributed by atoms with Crippen LogP contribution in [0.3, 0.4) is 0 Å². The van der Waals surface area contributed by atoms with Crippen molar-refractivity contribution in [2.45, 2.75) is 146 Å². The molecular weight excluding hydrogens is 782 g/mol. The van der Waals surface area contributed by atoms with Gasteiger partial charge in [-0.3, -0.25) is 33.3 Å². The summed E-state index contributed by atoms with van der Waals surface area (Å²) in [6, 6.07) is 5.91. The van der Waals surface area contributed by atoms with Crippen LogP contribution in [0.4, 0.5) is 0 Å². The van der Waals surface area contributed by atoms with Crippen LogP contribution in [0.1, 0.15) is 116 Å². The first kappa shape index (κ1) is 41.0. The number of hydrogen-bond acceptors (Lipinski definition) is 9. The zero-order valence-corrected chi connectivity index (χ0v) is 34.8. The van der Waals surface area contributed by atoms with Crippen molar-refractivity contribution in [1.82, 2.24) is 14.2 Å². The van der Waals surface area contributed by atoms with E-state index in [1.54, 1.807) is 39.8 Å². The lowest BCUT2D eigenvalue weighted by Crippen LogP contribution is -2.48. The first-order chi connectivity index (χ1) is 27.9. The molecule has 7 atom stereocenters. The molecule has 0 unspecified atom stereocenters. The van der Waals surface area contributed by atoms with E-state index in [4.69, 9.17) is 21.1 Å². The summed E-state index contributed by atoms with van der Waals surface area (Å²) in [5.41, 5.74) is -1.51. The number of nitrogens with zero attached hydrogens (tertiary/aromatic N) is 2. The lowest BCUT2D eigenvalue weighted by atomic mass is 9.77. The average Bonchev–Trinajstić information content (AvgIpc) is 4.09. The van der Waals surface area contributed by atoms with Gasteiger partial charge in [-0.05, 0) is 106 Å². The molecule has 58 heavy (non-hydrogen) atoms. The van der Waals surface area contributed by atoms with Crippen LogP contribution in [0.25, 0.3) is 10.8 Å². The number of esters is 1. The predicted octanol–water partition coefficient (Wildman–Crippen LogP) is 6.64. The quantitative estimate of drug-likeness (QED) is 0.228. The van der Waals surface area contributed by atoms with Crippen LogP contribution in [0, 0.1) is 29.1 Å². The van der Waals surface area contributed by atoms with Gasteiger partial charge in [0.15, 0.2) is 11.7 Å². The largest absolute Gasteiger partial charge is 0.473 e. The second kappa shape index (κ2) is 16.7. The topological polar surface area (TPSA) is 158 Å². The van der Waals surface area contributed by atoms with Gasteiger partial charge in [-0.2, -0.15) is 0 Å². The van der Waals surface area contributed by atoms with E-state index in [9.17, 15) is 27.6 Å². The first-order valence-electron chi connectivity index (χ1n) is 21.6. The minimum atomic E-state index is -3.87. The molecule has 1 saturated heterocycles. The summed E-state index contributed by atoms with van der Waals surface area (Å²) < 4.78 is 42.5. The molecule has 2 aromatic rings. The Kier molecular flexibility index (Phi) is 11.8. The van der Waals surface area contributed by atoms with E-state index in [0.717, 1.165) is 77.0 Å². The van der Waals surface area contributed by atoms with Gasteiger partial charge in [0.2, 0.25) is 21.8 Å². The number of fused-ring (bicyclic) bond motifs is 5. The molecule has 2 amide bonds. The zero-order chi connectivity index (χ0) is 40.8. The Morgan fingerprint density at radius 2 is 1.64 bits per heavy atom. The average molecular weight is 838 g/mol. The summed E-state index contributed by atoms with van der Waals surface area (Å²) in [7, 11) is -3.87. The van der Waals surface area contributed by atoms with Crippen LogP contribution in [0.2, 0.25) is 5.02 Å². The van der Waals surface area contributed by atoms with Crippen molar-refractivity contribution >= 4 is 56.0 Å². The number of benzene rings is 1. The molecular formula is C44H56ClN3O9S. The molecule has 8 rings (SSSR count). The zero-order valence-electron chi connectivity index (χ0n) is 33.2. The molecule has 6 aliphatic rings. The van der Waals surface area contributed by atoms with Gasteiger partial charge in [0.25, 0.3) is 5.56 Å². The molecule has 2 bridgehead atoms. The second-order valence-corrected chi connectivity index (χ2v) is 20.3. The summed E-state index contributed by atoms with van der Waals surface area (Å²) in [5, 5.41) is 0.981. The van der Waals surface area contributed by atoms with E-state index >= 15 is 4.79 Å². The van der Waals surface area contributed by atoms with E-state index in [2.05, 4.69) is 11.3 Å². The lowest BCUT2D eigenvalue weighted by molar-refractivity contribution is -0.157. The number of allylic oxidation sites excluding steroid dienone is 1. The van der Waals surface area contributed by atoms with Gasteiger partial charge in [-0.15, -0.1) is 6.58 Å². The third kappa shape index (κ3) is 8.49. The van der Waals surface area contributed by atoms with Crippen LogP contribution >= 0.6 is 11.6 Å². The maximum Gasteiger partial charge on any atom is 0.306 e. The van der Waals surface area contributed by atoms with Gasteiger partial charge in [0, 0.05) is 35.9 Å². The smallest absolute Gasteiger partial charge is 0.306 e. The Balaban J connectivity index is 1.15. The lowest BCUT2D eigenvalue weighted by Gasteiger charge is -2.34. The van der Waals surface area contributed by atoms with Crippen molar-refractivity contribution < 1.29 is 37.1 Å². The summed E-state index contributed by atoms with van der Waals surface area (Å²) >= 11 is 6.37. The number of amides is 2. The fourth-order valence-electron chi connectivity index (χ4n) is 10.5. The number of rotatable bonds is 8. The Bertz CT molecular complexity index is 2130. The maximum atomic E-state index is 15.1. The summed E-state index contributed by atoms with van der Waals surface area (Å²) in [5.74, 6) is -2.40. The number of halogens is 1. The maximum absolute atomic E-state index is 15.1. The molecule has 2 aliphatic heterocycles. The summed E-state index contributed by atoms with van der Waals surface area (Å²) in [4.78, 5) is 72.9. The molecule has 5 fully saturated rings. The Hall–Kier alpha value is -3.71. The molecule has 4 saturated carbocycles. The third-order valence-electron chi connectivity index (χ3n) is 14.0. The minimum Gasteiger partial charge on any atom is -0.473 e. The van der Waals surface area contributed by atoms with Gasteiger partial charge in [-0.25, -0.2) is 8.42 Å². The first-order valence-corrected chi connectivity index (χ1v) is 23.5. The number of Topliss-reactive ketones (excluding diaryl/α,β-unsaturated/α-hetero) is 1. The number of ether oxygens (including phenoxy) is 2. The third-order valence-corrected chi connectivity index (χ3v) is 16.1. The second-order valence-electron chi connectivity index (χ2n) is 18.0. The number of carbonyl (C=O) groups excluding carboxylic acids is 4. The molecule has 1 aromatic carbocycles. The van der Waals surface area contributed by atoms with Crippen molar-refractivity contribution in [2.24, 2.45) is 29.1 Å². The van der Waals surface area contributed by atoms with Crippen molar-refractivity contribution in [3.8, 4) is 5.88 Å². The highest BCUT2D eigenvalue weighted by Gasteiger charge is 2.61. The van der Waals surface area contributed by atoms with E-state index in [0.29, 0.717) is 41.1 Å². The van der Waals surface area contributed by atoms with Crippen LogP contribution in [0.15, 0.2) is 41.7 Å². The predicted molar refractivity (Wildman–Crippen MR) is 219 cm³/mol. The minimum absolute atomic E-state index is 0.0279. The highest BCUT2D eigenvalue weighted by atomic mass is 35.5. The van der Waals surface area contributed by atoms with E-state index in [-0.39, 0.29) is 73.4 Å². The number of carbonyl (C=O) groups is 4. The molecule has 314 valence electrons. The molecule has 14 heteroatoms. The molecule has 12 nitrogen and oxygen atoms in total. The number of hydrogen-bond donors (Lipinski definition) is 1. The van der Waals surface area contributed by atoms with E-state index in [1.165, 1.54) is 0 Å². The molecule has 0 radical (unpaired) electrons. The molecule has 0 spiro atoms. The summed E-state index contributed by atoms with van der Waals surface area (Å²) in [6.45, 7) is 4.29. The van der Waals surface area contributed by atoms with Crippen LogP contribution in [0.5, 0.6) is 5.88 Å². The highest BCUT2D eigenvalue weighted by Crippen LogP contribution is 2.57. The van der Waals surface area contributed by atoms with E-state index in [1.807, 2.05) is 0 Å². The summed E-state index contributed by atoms with van der Waals surface area (Å²) in [6.07, 6.45) is 12.3. The molecule has 1 aromatic heterocycles. The van der Waals surface area contributed by atoms with Crippen molar-refractivity contribution in [3.63, 3.8) is 0 Å². The SMILES string of the molecule is C=C[C@H]1C[C@]1(CC(=O)[C@@H]1C[C@@H]2CN1C(=O)[C@H](C1CCCCC1)CC(=O)O[C@@H]1CCC[C@H]1CCCCCn1c(cc3cc(Cl)ccc3c1=O)O2)C(=O)NS(=O)(=O)C1CC1. The van der Waals surface area contributed by atoms with Crippen LogP contribution in [-0.2, 0) is 40.5 Å². The standard InChI is InChI=1S/C44H56ClN3O9S/c1-2-30-24-44(30,43(53)46-58(54,55)33-16-17-33)25-37(49)36-22-32-26-48(36)42(52)35(27-10-5-3-6-11-27)23-40(50)57-38-14-9-13-28(38)12-7-4-8-19-47-39(56-32)21-29-20-31(45)15-18-34(29)41(47)51/h2,15,18,20-21,27-28,30,32-33,35-36,38H,1,3-14,16-17,19,22-26H2,(H,46,53)/t28-,30+,32-,35+,36+,38-,44-/m1/s1. The Labute approximate surface area is 345 Å². The van der Waals surface area contributed by atoms with Crippen LogP contribution < -0.4 is 15.0 Å². The Morgan fingerprint density at radius 1 is 0.914 bits per heavy atom. The molecule has 1 N–H and O–H groups in total. The molecule has 3 heterocycles. The monoisotopic (exact) mass is 837 g/mol. The number of aromatic nitrogens is 1. The Morgan fingerprint density at radius 3 is 2.36 bits per heavy atom. The fraction of sp³-hybridized carbons (Fsp3) is 0.659. The van der Waals surface area contributed by atoms with Crippen molar-refractivity contribution in [3.05, 3.63) is 52.3 Å². The van der Waals surface area contributed by atoms with Crippen LogP contribution in [-0.4, -0.2) is 71.5 Å². The van der Waals surface area contributed by atoms with Gasteiger partial charge in [0.05, 0.1) is 35.6 Å². The highest BCUT2D eigenvalue weighted by molar-refractivity contribution is 7.90. The van der Waals surface area contributed by atoms with Gasteiger partial charge < -0.3 is 14.4 Å². The van der Waals surface area contributed by atoms with Gasteiger partial charge >= 0.3 is 5.97 Å². The molecule has 4 aliphatic carbocycles.